The summed E-state index contributed by atoms with van der Waals surface area (Å²) in [5.74, 6) is -0.0655. The molecule has 100 valence electrons. The van der Waals surface area contributed by atoms with Crippen LogP contribution in [0.4, 0.5) is 5.69 Å². The van der Waals surface area contributed by atoms with Crippen LogP contribution >= 0.6 is 12.4 Å². The number of fused-ring (bicyclic) bond motifs is 1. The van der Waals surface area contributed by atoms with Crippen molar-refractivity contribution in [3.05, 3.63) is 29.8 Å². The number of hydrogen-bond acceptors (Lipinski definition) is 3. The van der Waals surface area contributed by atoms with Gasteiger partial charge in [-0.05, 0) is 25.0 Å². The average molecular weight is 271 g/mol. The van der Waals surface area contributed by atoms with E-state index < -0.39 is 6.04 Å². The molecule has 1 aliphatic heterocycles. The number of benzene rings is 1. The Bertz CT molecular complexity index is 425. The van der Waals surface area contributed by atoms with Crippen molar-refractivity contribution >= 4 is 24.0 Å². The molecule has 0 fully saturated rings. The molecule has 2 N–H and O–H groups in total. The van der Waals surface area contributed by atoms with Gasteiger partial charge in [0.25, 0.3) is 0 Å². The van der Waals surface area contributed by atoms with Gasteiger partial charge >= 0.3 is 0 Å². The molecule has 5 heteroatoms. The van der Waals surface area contributed by atoms with Gasteiger partial charge in [-0.25, -0.2) is 0 Å². The molecule has 4 nitrogen and oxygen atoms in total. The minimum atomic E-state index is -0.589. The first-order chi connectivity index (χ1) is 8.15. The first-order valence-corrected chi connectivity index (χ1v) is 5.80. The fourth-order valence-corrected chi connectivity index (χ4v) is 2.33. The standard InChI is InChI=1S/C13H18N2O2.ClH/c1-9-7-10-5-3-4-6-12(10)15(9)13(16)11(14)8-17-2;/h3-6,9,11H,7-8,14H2,1-2H3;1H. The molecule has 1 aliphatic rings. The van der Waals surface area contributed by atoms with Gasteiger partial charge in [-0.15, -0.1) is 12.4 Å². The molecule has 0 spiro atoms. The maximum Gasteiger partial charge on any atom is 0.246 e. The van der Waals surface area contributed by atoms with E-state index in [4.69, 9.17) is 10.5 Å². The number of rotatable bonds is 3. The molecule has 1 aromatic carbocycles. The second kappa shape index (κ2) is 6.18. The van der Waals surface area contributed by atoms with E-state index in [0.29, 0.717) is 0 Å². The van der Waals surface area contributed by atoms with E-state index >= 15 is 0 Å². The van der Waals surface area contributed by atoms with Crippen LogP contribution in [0.2, 0.25) is 0 Å². The van der Waals surface area contributed by atoms with Gasteiger partial charge in [-0.1, -0.05) is 18.2 Å². The lowest BCUT2D eigenvalue weighted by molar-refractivity contribution is -0.121. The maximum absolute atomic E-state index is 12.2. The van der Waals surface area contributed by atoms with Gasteiger partial charge in [0.05, 0.1) is 6.61 Å². The van der Waals surface area contributed by atoms with Crippen LogP contribution in [0.1, 0.15) is 12.5 Å². The third kappa shape index (κ3) is 2.66. The molecule has 0 saturated carbocycles. The van der Waals surface area contributed by atoms with E-state index in [1.165, 1.54) is 5.56 Å². The summed E-state index contributed by atoms with van der Waals surface area (Å²) in [5, 5.41) is 0. The number of para-hydroxylation sites is 1. The summed E-state index contributed by atoms with van der Waals surface area (Å²) in [6.45, 7) is 2.29. The van der Waals surface area contributed by atoms with Gasteiger partial charge in [0, 0.05) is 18.8 Å². The fraction of sp³-hybridized carbons (Fsp3) is 0.462. The van der Waals surface area contributed by atoms with Crippen molar-refractivity contribution in [2.75, 3.05) is 18.6 Å². The second-order valence-corrected chi connectivity index (χ2v) is 4.45. The third-order valence-electron chi connectivity index (χ3n) is 3.11. The number of methoxy groups -OCH3 is 1. The first kappa shape index (κ1) is 15.0. The van der Waals surface area contributed by atoms with Crippen molar-refractivity contribution in [1.29, 1.82) is 0 Å². The van der Waals surface area contributed by atoms with Crippen LogP contribution in [0, 0.1) is 0 Å². The van der Waals surface area contributed by atoms with Gasteiger partial charge < -0.3 is 15.4 Å². The van der Waals surface area contributed by atoms with Gasteiger partial charge in [-0.3, -0.25) is 4.79 Å². The highest BCUT2D eigenvalue weighted by molar-refractivity contribution is 5.99. The second-order valence-electron chi connectivity index (χ2n) is 4.45. The number of carbonyl (C=O) groups is 1. The van der Waals surface area contributed by atoms with Crippen molar-refractivity contribution < 1.29 is 9.53 Å². The van der Waals surface area contributed by atoms with Gasteiger partial charge in [0.1, 0.15) is 6.04 Å². The predicted molar refractivity (Wildman–Crippen MR) is 74.2 cm³/mol. The van der Waals surface area contributed by atoms with Crippen LogP contribution in [0.5, 0.6) is 0 Å². The van der Waals surface area contributed by atoms with Gasteiger partial charge in [0.15, 0.2) is 0 Å². The minimum Gasteiger partial charge on any atom is -0.383 e. The molecule has 18 heavy (non-hydrogen) atoms. The molecular formula is C13H19ClN2O2. The van der Waals surface area contributed by atoms with Gasteiger partial charge in [0.2, 0.25) is 5.91 Å². The van der Waals surface area contributed by atoms with Crippen molar-refractivity contribution in [2.24, 2.45) is 5.73 Å². The summed E-state index contributed by atoms with van der Waals surface area (Å²) in [6.07, 6.45) is 0.890. The predicted octanol–water partition coefficient (Wildman–Crippen LogP) is 1.36. The Hall–Kier alpha value is -1.10. The zero-order valence-corrected chi connectivity index (χ0v) is 11.4. The lowest BCUT2D eigenvalue weighted by Gasteiger charge is -2.25. The topological polar surface area (TPSA) is 55.6 Å². The number of hydrogen-bond donors (Lipinski definition) is 1. The van der Waals surface area contributed by atoms with Crippen LogP contribution in [-0.2, 0) is 16.0 Å². The lowest BCUT2D eigenvalue weighted by Crippen LogP contribution is -2.48. The molecule has 2 atom stereocenters. The summed E-state index contributed by atoms with van der Waals surface area (Å²) >= 11 is 0. The van der Waals surface area contributed by atoms with Crippen molar-refractivity contribution in [3.63, 3.8) is 0 Å². The molecular weight excluding hydrogens is 252 g/mol. The summed E-state index contributed by atoms with van der Waals surface area (Å²) in [5.41, 5.74) is 8.00. The highest BCUT2D eigenvalue weighted by Crippen LogP contribution is 2.32. The monoisotopic (exact) mass is 270 g/mol. The fourth-order valence-electron chi connectivity index (χ4n) is 2.33. The summed E-state index contributed by atoms with van der Waals surface area (Å²) in [6, 6.07) is 7.54. The number of anilines is 1. The molecule has 1 aromatic rings. The Morgan fingerprint density at radius 1 is 1.56 bits per heavy atom. The molecule has 0 bridgehead atoms. The van der Waals surface area contributed by atoms with Crippen LogP contribution < -0.4 is 10.6 Å². The molecule has 2 rings (SSSR count). The normalized spacial score (nSPS) is 19.1. The van der Waals surface area contributed by atoms with Crippen molar-refractivity contribution in [1.82, 2.24) is 0 Å². The lowest BCUT2D eigenvalue weighted by atomic mass is 10.1. The zero-order valence-electron chi connectivity index (χ0n) is 10.6. The number of amides is 1. The largest absolute Gasteiger partial charge is 0.383 e. The molecule has 1 heterocycles. The number of carbonyl (C=O) groups excluding carboxylic acids is 1. The van der Waals surface area contributed by atoms with Crippen LogP contribution in [0.15, 0.2) is 24.3 Å². The Balaban J connectivity index is 0.00000162. The van der Waals surface area contributed by atoms with Gasteiger partial charge in [-0.2, -0.15) is 0 Å². The summed E-state index contributed by atoms with van der Waals surface area (Å²) in [7, 11) is 1.55. The molecule has 0 aliphatic carbocycles. The van der Waals surface area contributed by atoms with E-state index in [1.807, 2.05) is 25.1 Å². The van der Waals surface area contributed by atoms with E-state index in [-0.39, 0.29) is 31.0 Å². The average Bonchev–Trinajstić information content (AvgIpc) is 2.64. The van der Waals surface area contributed by atoms with E-state index in [9.17, 15) is 4.79 Å². The SMILES string of the molecule is COCC(N)C(=O)N1c2ccccc2CC1C.Cl. The molecule has 2 unspecified atom stereocenters. The van der Waals surface area contributed by atoms with E-state index in [1.54, 1.807) is 12.0 Å². The third-order valence-corrected chi connectivity index (χ3v) is 3.11. The number of halogens is 1. The Kier molecular flexibility index (Phi) is 5.14. The molecule has 0 radical (unpaired) electrons. The zero-order chi connectivity index (χ0) is 12.4. The number of ether oxygens (including phenoxy) is 1. The molecule has 0 saturated heterocycles. The Morgan fingerprint density at radius 3 is 2.89 bits per heavy atom. The minimum absolute atomic E-state index is 0. The maximum atomic E-state index is 12.2. The smallest absolute Gasteiger partial charge is 0.246 e. The molecule has 0 aromatic heterocycles. The first-order valence-electron chi connectivity index (χ1n) is 5.80. The summed E-state index contributed by atoms with van der Waals surface area (Å²) < 4.78 is 4.94. The number of nitrogens with zero attached hydrogens (tertiary/aromatic N) is 1. The van der Waals surface area contributed by atoms with E-state index in [0.717, 1.165) is 12.1 Å². The number of nitrogens with two attached hydrogens (primary N) is 1. The highest BCUT2D eigenvalue weighted by Gasteiger charge is 2.33. The van der Waals surface area contributed by atoms with E-state index in [2.05, 4.69) is 6.07 Å². The summed E-state index contributed by atoms with van der Waals surface area (Å²) in [4.78, 5) is 14.0. The highest BCUT2D eigenvalue weighted by atomic mass is 35.5. The molecule has 1 amide bonds. The van der Waals surface area contributed by atoms with Crippen LogP contribution in [0.25, 0.3) is 0 Å². The quantitative estimate of drug-likeness (QED) is 0.902. The van der Waals surface area contributed by atoms with Crippen molar-refractivity contribution in [3.8, 4) is 0 Å². The van der Waals surface area contributed by atoms with Crippen LogP contribution in [0.3, 0.4) is 0 Å². The Labute approximate surface area is 114 Å². The van der Waals surface area contributed by atoms with Crippen molar-refractivity contribution in [2.45, 2.75) is 25.4 Å². The van der Waals surface area contributed by atoms with Crippen LogP contribution in [-0.4, -0.2) is 31.7 Å². The Morgan fingerprint density at radius 2 is 2.22 bits per heavy atom.